The number of nitrogens with zero attached hydrogens (tertiary/aromatic N) is 1. The molecule has 0 heterocycles. The summed E-state index contributed by atoms with van der Waals surface area (Å²) in [5, 5.41) is 0. The molecule has 0 atom stereocenters. The van der Waals surface area contributed by atoms with Gasteiger partial charge in [0.25, 0.3) is 0 Å². The number of aliphatic imine (C=N–C) groups is 1. The summed E-state index contributed by atoms with van der Waals surface area (Å²) in [6.45, 7) is 17.4. The van der Waals surface area contributed by atoms with Crippen LogP contribution in [0.4, 0.5) is 5.69 Å². The lowest BCUT2D eigenvalue weighted by molar-refractivity contribution is 0.643. The summed E-state index contributed by atoms with van der Waals surface area (Å²) in [5.74, 6) is 1.22. The SMILES string of the molecule is C=C(CC(C)C)C(CC(C)C)=Nc1ccc(C)cc1C. The van der Waals surface area contributed by atoms with E-state index in [1.165, 1.54) is 22.4 Å². The summed E-state index contributed by atoms with van der Waals surface area (Å²) >= 11 is 0. The van der Waals surface area contributed by atoms with Crippen molar-refractivity contribution in [2.24, 2.45) is 16.8 Å². The molecule has 1 rings (SSSR count). The lowest BCUT2D eigenvalue weighted by atomic mass is 9.94. The fourth-order valence-corrected chi connectivity index (χ4v) is 2.34. The highest BCUT2D eigenvalue weighted by atomic mass is 14.8. The Morgan fingerprint density at radius 3 is 2.15 bits per heavy atom. The van der Waals surface area contributed by atoms with Crippen LogP contribution in [0.15, 0.2) is 35.3 Å². The topological polar surface area (TPSA) is 12.4 Å². The number of benzene rings is 1. The van der Waals surface area contributed by atoms with E-state index in [-0.39, 0.29) is 0 Å². The molecule has 0 saturated heterocycles. The van der Waals surface area contributed by atoms with Gasteiger partial charge in [0.15, 0.2) is 0 Å². The predicted molar refractivity (Wildman–Crippen MR) is 91.1 cm³/mol. The van der Waals surface area contributed by atoms with Crippen molar-refractivity contribution in [1.82, 2.24) is 0 Å². The summed E-state index contributed by atoms with van der Waals surface area (Å²) in [6, 6.07) is 6.44. The van der Waals surface area contributed by atoms with Gasteiger partial charge >= 0.3 is 0 Å². The van der Waals surface area contributed by atoms with E-state index in [0.29, 0.717) is 11.8 Å². The highest BCUT2D eigenvalue weighted by Gasteiger charge is 2.10. The molecule has 1 aromatic rings. The van der Waals surface area contributed by atoms with Gasteiger partial charge in [0, 0.05) is 5.71 Å². The van der Waals surface area contributed by atoms with Gasteiger partial charge in [-0.15, -0.1) is 0 Å². The molecule has 110 valence electrons. The fraction of sp³-hybridized carbons (Fsp3) is 0.526. The maximum atomic E-state index is 4.91. The molecule has 0 bridgehead atoms. The molecule has 0 aliphatic carbocycles. The molecule has 0 saturated carbocycles. The molecule has 1 heteroatoms. The van der Waals surface area contributed by atoms with Crippen molar-refractivity contribution < 1.29 is 0 Å². The third kappa shape index (κ3) is 5.32. The molecule has 1 nitrogen and oxygen atoms in total. The zero-order chi connectivity index (χ0) is 15.3. The van der Waals surface area contributed by atoms with Gasteiger partial charge in [-0.2, -0.15) is 0 Å². The molecule has 0 aliphatic heterocycles. The van der Waals surface area contributed by atoms with Gasteiger partial charge in [-0.3, -0.25) is 4.99 Å². The van der Waals surface area contributed by atoms with Crippen LogP contribution in [0.5, 0.6) is 0 Å². The van der Waals surface area contributed by atoms with Crippen LogP contribution in [0.2, 0.25) is 0 Å². The van der Waals surface area contributed by atoms with Gasteiger partial charge < -0.3 is 0 Å². The average molecular weight is 271 g/mol. The highest BCUT2D eigenvalue weighted by Crippen LogP contribution is 2.24. The predicted octanol–water partition coefficient (Wildman–Crippen LogP) is 6.02. The first-order valence-corrected chi connectivity index (χ1v) is 7.62. The zero-order valence-electron chi connectivity index (χ0n) is 14.0. The van der Waals surface area contributed by atoms with Crippen LogP contribution in [-0.4, -0.2) is 5.71 Å². The number of aryl methyl sites for hydroxylation is 2. The Hall–Kier alpha value is -1.37. The van der Waals surface area contributed by atoms with E-state index in [2.05, 4.69) is 66.3 Å². The van der Waals surface area contributed by atoms with Crippen molar-refractivity contribution in [2.45, 2.75) is 54.4 Å². The molecular weight excluding hydrogens is 242 g/mol. The molecule has 1 aromatic carbocycles. The molecule has 20 heavy (non-hydrogen) atoms. The van der Waals surface area contributed by atoms with Gasteiger partial charge in [-0.25, -0.2) is 0 Å². The quantitative estimate of drug-likeness (QED) is 0.561. The van der Waals surface area contributed by atoms with Crippen LogP contribution >= 0.6 is 0 Å². The minimum Gasteiger partial charge on any atom is -0.253 e. The van der Waals surface area contributed by atoms with E-state index in [1.54, 1.807) is 0 Å². The molecule has 0 radical (unpaired) electrons. The summed E-state index contributed by atoms with van der Waals surface area (Å²) in [4.78, 5) is 4.91. The van der Waals surface area contributed by atoms with Crippen LogP contribution in [0.25, 0.3) is 0 Å². The maximum absolute atomic E-state index is 4.91. The molecule has 0 unspecified atom stereocenters. The standard InChI is InChI=1S/C19H29N/c1-13(2)10-16(6)19(11-14(3)4)20-18-9-8-15(5)12-17(18)7/h8-9,12-14H,6,10-11H2,1-5,7H3. The minimum atomic E-state index is 0.600. The smallest absolute Gasteiger partial charge is 0.0662 e. The zero-order valence-corrected chi connectivity index (χ0v) is 14.0. The fourth-order valence-electron chi connectivity index (χ4n) is 2.34. The second kappa shape index (κ2) is 7.42. The van der Waals surface area contributed by atoms with Crippen LogP contribution in [0.1, 0.15) is 51.7 Å². The third-order valence-electron chi connectivity index (χ3n) is 3.27. The molecule has 0 fully saturated rings. The van der Waals surface area contributed by atoms with Crippen LogP contribution in [0.3, 0.4) is 0 Å². The average Bonchev–Trinajstić information content (AvgIpc) is 2.30. The number of rotatable bonds is 6. The first kappa shape index (κ1) is 16.7. The van der Waals surface area contributed by atoms with Crippen molar-refractivity contribution in [3.63, 3.8) is 0 Å². The molecule has 0 spiro atoms. The summed E-state index contributed by atoms with van der Waals surface area (Å²) in [6.07, 6.45) is 2.02. The first-order valence-electron chi connectivity index (χ1n) is 7.62. The van der Waals surface area contributed by atoms with Crippen LogP contribution in [-0.2, 0) is 0 Å². The van der Waals surface area contributed by atoms with E-state index in [1.807, 2.05) is 0 Å². The Kier molecular flexibility index (Phi) is 6.19. The summed E-state index contributed by atoms with van der Waals surface area (Å²) in [7, 11) is 0. The van der Waals surface area contributed by atoms with E-state index in [0.717, 1.165) is 18.5 Å². The van der Waals surface area contributed by atoms with Gasteiger partial charge in [0.2, 0.25) is 0 Å². The lowest BCUT2D eigenvalue weighted by Gasteiger charge is -2.15. The normalized spacial score (nSPS) is 12.3. The van der Waals surface area contributed by atoms with Crippen molar-refractivity contribution in [2.75, 3.05) is 0 Å². The molecule has 0 N–H and O–H groups in total. The van der Waals surface area contributed by atoms with Crippen molar-refractivity contribution in [3.05, 3.63) is 41.5 Å². The van der Waals surface area contributed by atoms with Gasteiger partial charge in [-0.05, 0) is 55.7 Å². The molecule has 0 amide bonds. The van der Waals surface area contributed by atoms with Crippen molar-refractivity contribution in [1.29, 1.82) is 0 Å². The van der Waals surface area contributed by atoms with E-state index in [9.17, 15) is 0 Å². The maximum Gasteiger partial charge on any atom is 0.0662 e. The van der Waals surface area contributed by atoms with Gasteiger partial charge in [0.05, 0.1) is 5.69 Å². The van der Waals surface area contributed by atoms with E-state index >= 15 is 0 Å². The monoisotopic (exact) mass is 271 g/mol. The number of allylic oxidation sites excluding steroid dienone is 1. The summed E-state index contributed by atoms with van der Waals surface area (Å²) < 4.78 is 0. The van der Waals surface area contributed by atoms with E-state index < -0.39 is 0 Å². The Balaban J connectivity index is 3.08. The van der Waals surface area contributed by atoms with Crippen molar-refractivity contribution >= 4 is 11.4 Å². The van der Waals surface area contributed by atoms with Gasteiger partial charge in [-0.1, -0.05) is 52.0 Å². The first-order chi connectivity index (χ1) is 9.29. The second-order valence-corrected chi connectivity index (χ2v) is 6.65. The third-order valence-corrected chi connectivity index (χ3v) is 3.27. The second-order valence-electron chi connectivity index (χ2n) is 6.65. The molecule has 0 aromatic heterocycles. The summed E-state index contributed by atoms with van der Waals surface area (Å²) in [5.41, 5.74) is 5.96. The van der Waals surface area contributed by atoms with Gasteiger partial charge in [0.1, 0.15) is 0 Å². The Morgan fingerprint density at radius 2 is 1.65 bits per heavy atom. The molecular formula is C19H29N. The number of hydrogen-bond acceptors (Lipinski definition) is 1. The molecule has 0 aliphatic rings. The Labute approximate surface area is 124 Å². The Bertz CT molecular complexity index is 492. The Morgan fingerprint density at radius 1 is 1.05 bits per heavy atom. The van der Waals surface area contributed by atoms with Crippen molar-refractivity contribution in [3.8, 4) is 0 Å². The van der Waals surface area contributed by atoms with E-state index in [4.69, 9.17) is 4.99 Å². The largest absolute Gasteiger partial charge is 0.253 e. The lowest BCUT2D eigenvalue weighted by Crippen LogP contribution is -2.08. The number of hydrogen-bond donors (Lipinski definition) is 0. The minimum absolute atomic E-state index is 0.600. The van der Waals surface area contributed by atoms with Crippen LogP contribution < -0.4 is 0 Å². The highest BCUT2D eigenvalue weighted by molar-refractivity contribution is 6.01. The van der Waals surface area contributed by atoms with Crippen LogP contribution in [0, 0.1) is 25.7 Å².